The van der Waals surface area contributed by atoms with Crippen molar-refractivity contribution in [3.05, 3.63) is 109 Å². The van der Waals surface area contributed by atoms with Gasteiger partial charge in [-0.3, -0.25) is 9.59 Å². The van der Waals surface area contributed by atoms with E-state index in [1.165, 1.54) is 0 Å². The number of aromatic amines is 2. The minimum Gasteiger partial charge on any atom is -0.342 e. The van der Waals surface area contributed by atoms with E-state index < -0.39 is 17.6 Å². The van der Waals surface area contributed by atoms with Gasteiger partial charge in [-0.05, 0) is 120 Å². The zero-order valence-corrected chi connectivity index (χ0v) is 36.7. The molecule has 2 amide bonds. The molecule has 0 spiro atoms. The first-order valence-electron chi connectivity index (χ1n) is 22.9. The molecule has 4 N–H and O–H groups in total. The largest absolute Gasteiger partial charge is 0.342 e. The van der Waals surface area contributed by atoms with Gasteiger partial charge in [0.15, 0.2) is 0 Å². The number of carbonyl (C=O) groups excluding carboxylic acids is 2. The third kappa shape index (κ3) is 6.94. The second-order valence-electron chi connectivity index (χ2n) is 19.2. The van der Waals surface area contributed by atoms with Crippen LogP contribution < -0.4 is 10.6 Å². The maximum absolute atomic E-state index is 14.4. The van der Waals surface area contributed by atoms with Crippen LogP contribution in [0.4, 0.5) is 11.9 Å². The first-order valence-corrected chi connectivity index (χ1v) is 22.9. The highest BCUT2D eigenvalue weighted by atomic mass is 16.2. The molecular weight excluding hydrogens is 801 g/mol. The summed E-state index contributed by atoms with van der Waals surface area (Å²) in [6, 6.07) is 22.3. The van der Waals surface area contributed by atoms with Crippen LogP contribution in [-0.4, -0.2) is 86.2 Å². The maximum atomic E-state index is 14.4. The van der Waals surface area contributed by atoms with Crippen molar-refractivity contribution < 1.29 is 9.59 Å². The number of rotatable bonds is 12. The SMILES string of the molecule is CC(C)[C@H](Nc1ncccn1)C(=O)N1C2CCC(C2)[C@H]1c1nc2ccc(-c3ccc4cc(-c5cnc(C67CCC(CN6C(=O)[C@H](Nc6ncccn6)C(C)C)C7)[nH]5)ccc4c3)cc2[nH]1. The van der Waals surface area contributed by atoms with Crippen LogP contribution in [-0.2, 0) is 15.1 Å². The molecule has 3 aromatic carbocycles. The Bertz CT molecular complexity index is 2860. The zero-order chi connectivity index (χ0) is 43.7. The molecule has 4 aliphatic rings. The van der Waals surface area contributed by atoms with E-state index >= 15 is 0 Å². The first-order chi connectivity index (χ1) is 31.1. The number of benzene rings is 3. The molecule has 326 valence electrons. The van der Waals surface area contributed by atoms with Crippen LogP contribution in [0.2, 0.25) is 0 Å². The third-order valence-corrected chi connectivity index (χ3v) is 14.5. The highest BCUT2D eigenvalue weighted by molar-refractivity contribution is 5.92. The number of carbonyl (C=O) groups is 2. The number of piperidine rings is 2. The minimum absolute atomic E-state index is 0.0452. The van der Waals surface area contributed by atoms with Gasteiger partial charge in [-0.15, -0.1) is 0 Å². The molecule has 4 unspecified atom stereocenters. The van der Waals surface area contributed by atoms with Crippen LogP contribution in [0.15, 0.2) is 97.7 Å². The number of H-pyrrole nitrogens is 2. The van der Waals surface area contributed by atoms with Crippen molar-refractivity contribution in [1.29, 1.82) is 0 Å². The molecular formula is C50H54N12O2. The first kappa shape index (κ1) is 40.1. The van der Waals surface area contributed by atoms with Gasteiger partial charge in [0.2, 0.25) is 23.7 Å². The van der Waals surface area contributed by atoms with Crippen LogP contribution in [0.3, 0.4) is 0 Å². The lowest BCUT2D eigenvalue weighted by Gasteiger charge is -2.40. The predicted octanol–water partition coefficient (Wildman–Crippen LogP) is 8.52. The molecule has 7 atom stereocenters. The number of nitrogens with one attached hydrogen (secondary N) is 4. The number of nitrogens with zero attached hydrogens (tertiary/aromatic N) is 8. The average molecular weight is 855 g/mol. The highest BCUT2D eigenvalue weighted by Gasteiger charge is 2.56. The molecule has 4 bridgehead atoms. The summed E-state index contributed by atoms with van der Waals surface area (Å²) in [5.41, 5.74) is 5.58. The van der Waals surface area contributed by atoms with Crippen LogP contribution >= 0.6 is 0 Å². The smallest absolute Gasteiger partial charge is 0.246 e. The van der Waals surface area contributed by atoms with Gasteiger partial charge >= 0.3 is 0 Å². The summed E-state index contributed by atoms with van der Waals surface area (Å²) < 4.78 is 0. The molecule has 7 aromatic rings. The molecule has 14 nitrogen and oxygen atoms in total. The molecule has 4 fully saturated rings. The highest BCUT2D eigenvalue weighted by Crippen LogP contribution is 2.53. The fourth-order valence-corrected chi connectivity index (χ4v) is 11.3. The molecule has 2 saturated carbocycles. The van der Waals surface area contributed by atoms with Crippen LogP contribution in [0.5, 0.6) is 0 Å². The number of anilines is 2. The molecule has 11 rings (SSSR count). The number of fused-ring (bicyclic) bond motifs is 6. The van der Waals surface area contributed by atoms with Gasteiger partial charge in [0.05, 0.1) is 29.0 Å². The Kier molecular flexibility index (Phi) is 9.92. The van der Waals surface area contributed by atoms with Gasteiger partial charge in [0, 0.05) is 42.9 Å². The number of likely N-dealkylation sites (tertiary alicyclic amines) is 2. The van der Waals surface area contributed by atoms with Gasteiger partial charge in [-0.25, -0.2) is 29.9 Å². The van der Waals surface area contributed by atoms with E-state index in [9.17, 15) is 9.59 Å². The van der Waals surface area contributed by atoms with Gasteiger partial charge in [-0.1, -0.05) is 58.0 Å². The molecule has 4 aromatic heterocycles. The molecule has 2 aliphatic heterocycles. The summed E-state index contributed by atoms with van der Waals surface area (Å²) in [4.78, 5) is 67.7. The van der Waals surface area contributed by atoms with Crippen LogP contribution in [0, 0.1) is 23.7 Å². The molecule has 0 radical (unpaired) electrons. The van der Waals surface area contributed by atoms with E-state index in [1.54, 1.807) is 36.9 Å². The Hall–Kier alpha value is -6.70. The molecule has 2 saturated heterocycles. The van der Waals surface area contributed by atoms with E-state index in [0.29, 0.717) is 23.7 Å². The lowest BCUT2D eigenvalue weighted by molar-refractivity contribution is -0.139. The molecule has 6 heterocycles. The zero-order valence-electron chi connectivity index (χ0n) is 36.7. The predicted molar refractivity (Wildman–Crippen MR) is 247 cm³/mol. The average Bonchev–Trinajstić information content (AvgIpc) is 4.19. The van der Waals surface area contributed by atoms with E-state index in [2.05, 4.69) is 133 Å². The van der Waals surface area contributed by atoms with Gasteiger partial charge in [-0.2, -0.15) is 0 Å². The molecule has 2 aliphatic carbocycles. The Morgan fingerprint density at radius 2 is 1.38 bits per heavy atom. The van der Waals surface area contributed by atoms with E-state index in [0.717, 1.165) is 101 Å². The van der Waals surface area contributed by atoms with Crippen molar-refractivity contribution in [2.24, 2.45) is 23.7 Å². The van der Waals surface area contributed by atoms with Crippen molar-refractivity contribution >= 4 is 45.5 Å². The standard InChI is InChI=1S/C50H54N12O2/c1-28(2)41(59-48-51-17-5-18-52-48)45(63)61-27-30-15-16-50(61,25-30)47-55-26-40(58-47)35-10-9-31-21-32(7-8-33(31)22-35)34-12-14-38-39(24-34)57-44(56-38)43-36-11-13-37(23-36)62(43)46(64)42(29(3)4)60-49-53-19-6-20-54-49/h5-10,12,14,17-22,24,26,28-30,36-37,41-43H,11,13,15-16,23,25,27H2,1-4H3,(H,55,58)(H,56,57)(H,51,52,59)(H,53,54,60)/t30?,36?,37?,41-,42+,43+,50?/m1/s1. The number of hydrogen-bond donors (Lipinski definition) is 4. The lowest BCUT2D eigenvalue weighted by Crippen LogP contribution is -2.53. The van der Waals surface area contributed by atoms with Crippen molar-refractivity contribution in [1.82, 2.24) is 49.7 Å². The summed E-state index contributed by atoms with van der Waals surface area (Å²) >= 11 is 0. The van der Waals surface area contributed by atoms with E-state index in [4.69, 9.17) is 9.97 Å². The van der Waals surface area contributed by atoms with Crippen molar-refractivity contribution in [2.75, 3.05) is 17.2 Å². The fraction of sp³-hybridized carbons (Fsp3) is 0.400. The fourth-order valence-electron chi connectivity index (χ4n) is 11.3. The van der Waals surface area contributed by atoms with Crippen molar-refractivity contribution in [2.45, 2.75) is 95.9 Å². The van der Waals surface area contributed by atoms with Gasteiger partial charge in [0.1, 0.15) is 29.3 Å². The van der Waals surface area contributed by atoms with E-state index in [-0.39, 0.29) is 35.7 Å². The molecule has 14 heteroatoms. The van der Waals surface area contributed by atoms with Crippen molar-refractivity contribution in [3.8, 4) is 22.4 Å². The quantitative estimate of drug-likeness (QED) is 0.0933. The lowest BCUT2D eigenvalue weighted by atomic mass is 9.93. The topological polar surface area (TPSA) is 174 Å². The van der Waals surface area contributed by atoms with E-state index in [1.807, 2.05) is 6.20 Å². The Labute approximate surface area is 372 Å². The van der Waals surface area contributed by atoms with Gasteiger partial charge < -0.3 is 30.4 Å². The summed E-state index contributed by atoms with van der Waals surface area (Å²) in [7, 11) is 0. The van der Waals surface area contributed by atoms with Gasteiger partial charge in [0.25, 0.3) is 0 Å². The maximum Gasteiger partial charge on any atom is 0.246 e. The number of amides is 2. The van der Waals surface area contributed by atoms with Crippen LogP contribution in [0.25, 0.3) is 44.2 Å². The Balaban J connectivity index is 0.825. The van der Waals surface area contributed by atoms with Crippen molar-refractivity contribution in [3.63, 3.8) is 0 Å². The summed E-state index contributed by atoms with van der Waals surface area (Å²) in [6.45, 7) is 8.98. The summed E-state index contributed by atoms with van der Waals surface area (Å²) in [5, 5.41) is 8.91. The summed E-state index contributed by atoms with van der Waals surface area (Å²) in [5.74, 6) is 3.70. The normalized spacial score (nSPS) is 23.5. The Morgan fingerprint density at radius 3 is 2.06 bits per heavy atom. The number of aromatic nitrogens is 8. The summed E-state index contributed by atoms with van der Waals surface area (Å²) in [6.07, 6.45) is 14.7. The number of imidazole rings is 2. The van der Waals surface area contributed by atoms with Crippen LogP contribution in [0.1, 0.15) is 83.9 Å². The number of hydrogen-bond acceptors (Lipinski definition) is 10. The molecule has 64 heavy (non-hydrogen) atoms. The third-order valence-electron chi connectivity index (χ3n) is 14.5. The Morgan fingerprint density at radius 1 is 0.734 bits per heavy atom. The second-order valence-corrected chi connectivity index (χ2v) is 19.2. The second kappa shape index (κ2) is 15.8. The minimum atomic E-state index is -0.463. The monoisotopic (exact) mass is 854 g/mol.